The summed E-state index contributed by atoms with van der Waals surface area (Å²) in [6, 6.07) is 17.4. The summed E-state index contributed by atoms with van der Waals surface area (Å²) in [6.07, 6.45) is 0. The summed E-state index contributed by atoms with van der Waals surface area (Å²) in [5.74, 6) is -0.333. The van der Waals surface area contributed by atoms with Gasteiger partial charge >= 0.3 is 5.69 Å². The van der Waals surface area contributed by atoms with E-state index in [4.69, 9.17) is 0 Å². The Labute approximate surface area is 137 Å². The predicted molar refractivity (Wildman–Crippen MR) is 86.9 cm³/mol. The third-order valence-corrected chi connectivity index (χ3v) is 3.68. The van der Waals surface area contributed by atoms with E-state index in [0.717, 1.165) is 0 Å². The van der Waals surface area contributed by atoms with Crippen LogP contribution < -0.4 is 11.0 Å². The summed E-state index contributed by atoms with van der Waals surface area (Å²) in [4.78, 5) is 26.2. The minimum absolute atomic E-state index is 0.0143. The third-order valence-electron chi connectivity index (χ3n) is 3.68. The molecule has 2 aromatic carbocycles. The number of aromatic nitrogens is 3. The summed E-state index contributed by atoms with van der Waals surface area (Å²) < 4.78 is 0. The van der Waals surface area contributed by atoms with Gasteiger partial charge in [-0.2, -0.15) is 5.10 Å². The lowest BCUT2D eigenvalue weighted by atomic mass is 9.85. The SMILES string of the molecule is O=C(NCc1n[nH]c(=O)[nH]1)C(O)(c1ccccc1)c1ccccc1. The maximum atomic E-state index is 12.8. The first kappa shape index (κ1) is 15.7. The highest BCUT2D eigenvalue weighted by molar-refractivity contribution is 5.90. The average Bonchev–Trinajstić information content (AvgIpc) is 3.05. The first-order valence-electron chi connectivity index (χ1n) is 7.36. The van der Waals surface area contributed by atoms with Gasteiger partial charge in [0.25, 0.3) is 5.91 Å². The quantitative estimate of drug-likeness (QED) is 0.552. The fraction of sp³-hybridized carbons (Fsp3) is 0.118. The van der Waals surface area contributed by atoms with E-state index in [1.807, 2.05) is 0 Å². The van der Waals surface area contributed by atoms with E-state index in [9.17, 15) is 14.7 Å². The van der Waals surface area contributed by atoms with Crippen molar-refractivity contribution in [2.75, 3.05) is 0 Å². The summed E-state index contributed by atoms with van der Waals surface area (Å²) >= 11 is 0. The molecule has 1 amide bonds. The smallest absolute Gasteiger partial charge is 0.340 e. The van der Waals surface area contributed by atoms with Gasteiger partial charge in [-0.25, -0.2) is 9.89 Å². The van der Waals surface area contributed by atoms with E-state index in [-0.39, 0.29) is 12.4 Å². The van der Waals surface area contributed by atoms with Gasteiger partial charge in [-0.15, -0.1) is 0 Å². The van der Waals surface area contributed by atoms with Crippen LogP contribution in [0, 0.1) is 0 Å². The fourth-order valence-electron chi connectivity index (χ4n) is 2.47. The molecule has 0 saturated heterocycles. The minimum atomic E-state index is -1.85. The van der Waals surface area contributed by atoms with Crippen LogP contribution in [-0.2, 0) is 16.9 Å². The van der Waals surface area contributed by atoms with Crippen LogP contribution in [-0.4, -0.2) is 26.2 Å². The van der Waals surface area contributed by atoms with Gasteiger partial charge in [0.2, 0.25) is 0 Å². The molecular weight excluding hydrogens is 308 g/mol. The molecule has 0 unspecified atom stereocenters. The number of carbonyl (C=O) groups excluding carboxylic acids is 1. The normalized spacial score (nSPS) is 11.2. The highest BCUT2D eigenvalue weighted by atomic mass is 16.3. The highest BCUT2D eigenvalue weighted by Crippen LogP contribution is 2.29. The van der Waals surface area contributed by atoms with Crippen LogP contribution in [0.1, 0.15) is 17.0 Å². The molecule has 122 valence electrons. The Hall–Kier alpha value is -3.19. The van der Waals surface area contributed by atoms with Gasteiger partial charge in [-0.1, -0.05) is 60.7 Å². The van der Waals surface area contributed by atoms with Crippen molar-refractivity contribution in [2.45, 2.75) is 12.1 Å². The van der Waals surface area contributed by atoms with Gasteiger partial charge in [0.15, 0.2) is 5.60 Å². The van der Waals surface area contributed by atoms with Crippen LogP contribution in [0.5, 0.6) is 0 Å². The number of hydrogen-bond acceptors (Lipinski definition) is 4. The van der Waals surface area contributed by atoms with Crippen LogP contribution in [0.15, 0.2) is 65.5 Å². The van der Waals surface area contributed by atoms with Gasteiger partial charge in [0.05, 0.1) is 6.54 Å². The Morgan fingerprint density at radius 2 is 1.58 bits per heavy atom. The molecule has 3 rings (SSSR count). The lowest BCUT2D eigenvalue weighted by Crippen LogP contribution is -2.45. The van der Waals surface area contributed by atoms with Crippen LogP contribution >= 0.6 is 0 Å². The molecule has 24 heavy (non-hydrogen) atoms. The molecule has 0 aliphatic heterocycles. The number of nitrogens with one attached hydrogen (secondary N) is 3. The first-order valence-corrected chi connectivity index (χ1v) is 7.36. The molecule has 0 fully saturated rings. The van der Waals surface area contributed by atoms with Crippen molar-refractivity contribution in [2.24, 2.45) is 0 Å². The standard InChI is InChI=1S/C17H16N4O3/c22-15(18-11-14-19-16(23)21-20-14)17(24,12-7-3-1-4-8-12)13-9-5-2-6-10-13/h1-10,24H,11H2,(H,18,22)(H2,19,20,21,23). The average molecular weight is 324 g/mol. The van der Waals surface area contributed by atoms with E-state index in [0.29, 0.717) is 11.1 Å². The number of carbonyl (C=O) groups is 1. The van der Waals surface area contributed by atoms with Gasteiger partial charge in [-0.05, 0) is 11.1 Å². The van der Waals surface area contributed by atoms with Gasteiger partial charge in [-0.3, -0.25) is 9.78 Å². The van der Waals surface area contributed by atoms with Crippen LogP contribution in [0.4, 0.5) is 0 Å². The van der Waals surface area contributed by atoms with E-state index in [1.54, 1.807) is 60.7 Å². The van der Waals surface area contributed by atoms with E-state index < -0.39 is 17.2 Å². The number of rotatable bonds is 5. The van der Waals surface area contributed by atoms with Crippen molar-refractivity contribution in [3.63, 3.8) is 0 Å². The topological polar surface area (TPSA) is 111 Å². The molecule has 1 aromatic heterocycles. The Morgan fingerprint density at radius 3 is 2.04 bits per heavy atom. The summed E-state index contributed by atoms with van der Waals surface area (Å²) in [5.41, 5.74) is -1.41. The molecule has 1 heterocycles. The molecule has 7 heteroatoms. The monoisotopic (exact) mass is 324 g/mol. The van der Waals surface area contributed by atoms with Gasteiger partial charge < -0.3 is 10.4 Å². The minimum Gasteiger partial charge on any atom is -0.372 e. The molecule has 4 N–H and O–H groups in total. The molecule has 0 atom stereocenters. The number of aromatic amines is 2. The predicted octanol–water partition coefficient (Wildman–Crippen LogP) is 0.650. The van der Waals surface area contributed by atoms with Crippen molar-refractivity contribution in [3.8, 4) is 0 Å². The number of benzene rings is 2. The van der Waals surface area contributed by atoms with Crippen molar-refractivity contribution in [3.05, 3.63) is 88.1 Å². The van der Waals surface area contributed by atoms with E-state index >= 15 is 0 Å². The zero-order chi connectivity index (χ0) is 17.0. The first-order chi connectivity index (χ1) is 11.6. The molecule has 0 aliphatic carbocycles. The second-order valence-electron chi connectivity index (χ2n) is 5.25. The molecule has 3 aromatic rings. The molecule has 7 nitrogen and oxygen atoms in total. The van der Waals surface area contributed by atoms with Gasteiger partial charge in [0.1, 0.15) is 5.82 Å². The van der Waals surface area contributed by atoms with Crippen LogP contribution in [0.2, 0.25) is 0 Å². The van der Waals surface area contributed by atoms with Crippen molar-refractivity contribution < 1.29 is 9.90 Å². The molecule has 0 bridgehead atoms. The largest absolute Gasteiger partial charge is 0.372 e. The van der Waals surface area contributed by atoms with Crippen LogP contribution in [0.3, 0.4) is 0 Å². The lowest BCUT2D eigenvalue weighted by molar-refractivity contribution is -0.136. The Kier molecular flexibility index (Phi) is 4.26. The maximum Gasteiger partial charge on any atom is 0.340 e. The number of amides is 1. The van der Waals surface area contributed by atoms with Crippen molar-refractivity contribution >= 4 is 5.91 Å². The van der Waals surface area contributed by atoms with E-state index in [2.05, 4.69) is 20.5 Å². The Morgan fingerprint density at radius 1 is 1.04 bits per heavy atom. The summed E-state index contributed by atoms with van der Waals surface area (Å²) in [7, 11) is 0. The summed E-state index contributed by atoms with van der Waals surface area (Å²) in [6.45, 7) is -0.0143. The Bertz CT molecular complexity index is 832. The van der Waals surface area contributed by atoms with Crippen LogP contribution in [0.25, 0.3) is 0 Å². The molecule has 0 radical (unpaired) electrons. The molecular formula is C17H16N4O3. The second kappa shape index (κ2) is 6.51. The highest BCUT2D eigenvalue weighted by Gasteiger charge is 2.39. The summed E-state index contributed by atoms with van der Waals surface area (Å²) in [5, 5.41) is 19.7. The van der Waals surface area contributed by atoms with Gasteiger partial charge in [0, 0.05) is 0 Å². The van der Waals surface area contributed by atoms with Crippen molar-refractivity contribution in [1.29, 1.82) is 0 Å². The fourth-order valence-corrected chi connectivity index (χ4v) is 2.47. The van der Waals surface area contributed by atoms with E-state index in [1.165, 1.54) is 0 Å². The molecule has 0 spiro atoms. The molecule has 0 saturated carbocycles. The zero-order valence-electron chi connectivity index (χ0n) is 12.7. The number of aliphatic hydroxyl groups is 1. The maximum absolute atomic E-state index is 12.8. The number of H-pyrrole nitrogens is 2. The Balaban J connectivity index is 1.92. The lowest BCUT2D eigenvalue weighted by Gasteiger charge is -2.27. The second-order valence-corrected chi connectivity index (χ2v) is 5.25. The third kappa shape index (κ3) is 2.97. The number of nitrogens with zero attached hydrogens (tertiary/aromatic N) is 1. The zero-order valence-corrected chi connectivity index (χ0v) is 12.7. The molecule has 0 aliphatic rings. The number of hydrogen-bond donors (Lipinski definition) is 4. The van der Waals surface area contributed by atoms with Crippen molar-refractivity contribution in [1.82, 2.24) is 20.5 Å².